The van der Waals surface area contributed by atoms with E-state index in [1.165, 1.54) is 11.3 Å². The number of hydrogen-bond donors (Lipinski definition) is 0. The first-order chi connectivity index (χ1) is 14.7. The zero-order valence-electron chi connectivity index (χ0n) is 16.5. The molecule has 30 heavy (non-hydrogen) atoms. The zero-order valence-corrected chi connectivity index (χ0v) is 17.3. The first kappa shape index (κ1) is 19.8. The number of thiazole rings is 1. The highest BCUT2D eigenvalue weighted by atomic mass is 32.1. The molecule has 1 aliphatic rings. The number of esters is 1. The van der Waals surface area contributed by atoms with Gasteiger partial charge >= 0.3 is 5.97 Å². The highest BCUT2D eigenvalue weighted by Gasteiger charge is 2.25. The van der Waals surface area contributed by atoms with E-state index >= 15 is 0 Å². The van der Waals surface area contributed by atoms with Crippen molar-refractivity contribution in [1.29, 1.82) is 0 Å². The van der Waals surface area contributed by atoms with E-state index in [2.05, 4.69) is 15.0 Å². The maximum Gasteiger partial charge on any atom is 0.363 e. The molecule has 152 valence electrons. The fourth-order valence-electron chi connectivity index (χ4n) is 2.82. The summed E-state index contributed by atoms with van der Waals surface area (Å²) in [6.07, 6.45) is 3.32. The Bertz CT molecular complexity index is 1120. The lowest BCUT2D eigenvalue weighted by Gasteiger charge is -2.11. The predicted octanol–water partition coefficient (Wildman–Crippen LogP) is 4.35. The molecule has 0 radical (unpaired) electrons. The molecule has 0 fully saturated rings. The van der Waals surface area contributed by atoms with E-state index in [-0.39, 0.29) is 11.6 Å². The van der Waals surface area contributed by atoms with Crippen molar-refractivity contribution in [1.82, 2.24) is 9.97 Å². The molecule has 0 unspecified atom stereocenters. The smallest absolute Gasteiger partial charge is 0.363 e. The maximum atomic E-state index is 12.3. The number of cyclic esters (lactones) is 1. The van der Waals surface area contributed by atoms with E-state index < -0.39 is 5.97 Å². The van der Waals surface area contributed by atoms with Crippen LogP contribution in [0.2, 0.25) is 0 Å². The van der Waals surface area contributed by atoms with Gasteiger partial charge in [0, 0.05) is 17.1 Å². The number of pyridine rings is 1. The van der Waals surface area contributed by atoms with E-state index in [0.29, 0.717) is 36.0 Å². The van der Waals surface area contributed by atoms with E-state index in [1.807, 2.05) is 37.4 Å². The topological polar surface area (TPSA) is 82.9 Å². The third-order valence-corrected chi connectivity index (χ3v) is 4.98. The average molecular weight is 421 g/mol. The van der Waals surface area contributed by atoms with Gasteiger partial charge in [0.05, 0.1) is 24.6 Å². The Morgan fingerprint density at radius 3 is 2.70 bits per heavy atom. The normalized spacial score (nSPS) is 14.5. The molecule has 0 saturated carbocycles. The first-order valence-electron chi connectivity index (χ1n) is 9.47. The zero-order chi connectivity index (χ0) is 20.9. The first-order valence-corrected chi connectivity index (χ1v) is 10.4. The fraction of sp³-hybridized carbons (Fsp3) is 0.182. The molecule has 0 N–H and O–H groups in total. The Morgan fingerprint density at radius 1 is 1.10 bits per heavy atom. The lowest BCUT2D eigenvalue weighted by Crippen LogP contribution is -2.06. The quantitative estimate of drug-likeness (QED) is 0.417. The van der Waals surface area contributed by atoms with Crippen LogP contribution in [0.25, 0.3) is 16.8 Å². The molecule has 1 aliphatic heterocycles. The molecule has 0 amide bonds. The SMILES string of the molecule is CCOc1ccc(C2=NC(=Cc3csc(-c4ccccn4)n3)C(=O)O2)cc1OCC. The number of aromatic nitrogens is 2. The monoisotopic (exact) mass is 421 g/mol. The van der Waals surface area contributed by atoms with Gasteiger partial charge in [0.25, 0.3) is 0 Å². The average Bonchev–Trinajstić information content (AvgIpc) is 3.38. The summed E-state index contributed by atoms with van der Waals surface area (Å²) in [7, 11) is 0. The molecule has 7 nitrogen and oxygen atoms in total. The van der Waals surface area contributed by atoms with Crippen molar-refractivity contribution in [3.8, 4) is 22.2 Å². The lowest BCUT2D eigenvalue weighted by atomic mass is 10.2. The standard InChI is InChI=1S/C22H19N3O4S/c1-3-27-18-9-8-14(11-19(18)28-4-2)20-25-17(22(26)29-20)12-15-13-30-21(24-15)16-7-5-6-10-23-16/h5-13H,3-4H2,1-2H3. The summed E-state index contributed by atoms with van der Waals surface area (Å²) in [6, 6.07) is 11.0. The van der Waals surface area contributed by atoms with Crippen molar-refractivity contribution in [3.05, 3.63) is 64.9 Å². The molecule has 3 aromatic rings. The molecule has 0 spiro atoms. The van der Waals surface area contributed by atoms with Crippen LogP contribution in [0.4, 0.5) is 0 Å². The molecular formula is C22H19N3O4S. The van der Waals surface area contributed by atoms with Gasteiger partial charge in [-0.25, -0.2) is 14.8 Å². The second-order valence-corrected chi connectivity index (χ2v) is 7.01. The van der Waals surface area contributed by atoms with Crippen molar-refractivity contribution >= 4 is 29.3 Å². The van der Waals surface area contributed by atoms with Gasteiger partial charge < -0.3 is 14.2 Å². The van der Waals surface area contributed by atoms with E-state index in [1.54, 1.807) is 30.5 Å². The minimum atomic E-state index is -0.524. The Balaban J connectivity index is 1.60. The van der Waals surface area contributed by atoms with Crippen LogP contribution >= 0.6 is 11.3 Å². The van der Waals surface area contributed by atoms with E-state index in [0.717, 1.165) is 10.7 Å². The highest BCUT2D eigenvalue weighted by molar-refractivity contribution is 7.13. The van der Waals surface area contributed by atoms with Gasteiger partial charge in [-0.3, -0.25) is 4.98 Å². The van der Waals surface area contributed by atoms with Gasteiger partial charge in [-0.2, -0.15) is 0 Å². The number of nitrogens with zero attached hydrogens (tertiary/aromatic N) is 3. The van der Waals surface area contributed by atoms with Crippen LogP contribution in [0.3, 0.4) is 0 Å². The van der Waals surface area contributed by atoms with Crippen molar-refractivity contribution in [2.24, 2.45) is 4.99 Å². The van der Waals surface area contributed by atoms with Crippen LogP contribution in [0.15, 0.2) is 58.7 Å². The van der Waals surface area contributed by atoms with Crippen LogP contribution in [-0.2, 0) is 9.53 Å². The molecule has 0 atom stereocenters. The number of ether oxygens (including phenoxy) is 3. The largest absolute Gasteiger partial charge is 0.490 e. The summed E-state index contributed by atoms with van der Waals surface area (Å²) in [6.45, 7) is 4.81. The molecule has 1 aromatic carbocycles. The Labute approximate surface area is 177 Å². The minimum absolute atomic E-state index is 0.190. The summed E-state index contributed by atoms with van der Waals surface area (Å²) < 4.78 is 16.6. The van der Waals surface area contributed by atoms with Gasteiger partial charge in [-0.1, -0.05) is 6.07 Å². The molecule has 3 heterocycles. The van der Waals surface area contributed by atoms with Crippen LogP contribution in [-0.4, -0.2) is 35.0 Å². The van der Waals surface area contributed by atoms with Crippen molar-refractivity contribution in [2.75, 3.05) is 13.2 Å². The summed E-state index contributed by atoms with van der Waals surface area (Å²) in [5, 5.41) is 2.62. The lowest BCUT2D eigenvalue weighted by molar-refractivity contribution is -0.129. The van der Waals surface area contributed by atoms with E-state index in [9.17, 15) is 4.79 Å². The molecular weight excluding hydrogens is 402 g/mol. The number of carbonyl (C=O) groups excluding carboxylic acids is 1. The molecule has 4 rings (SSSR count). The highest BCUT2D eigenvalue weighted by Crippen LogP contribution is 2.30. The summed E-state index contributed by atoms with van der Waals surface area (Å²) in [5.41, 5.74) is 2.23. The number of benzene rings is 1. The van der Waals surface area contributed by atoms with Gasteiger partial charge in [0.2, 0.25) is 5.90 Å². The predicted molar refractivity (Wildman–Crippen MR) is 115 cm³/mol. The van der Waals surface area contributed by atoms with E-state index in [4.69, 9.17) is 14.2 Å². The number of rotatable bonds is 7. The van der Waals surface area contributed by atoms with Gasteiger partial charge in [0.15, 0.2) is 17.2 Å². The fourth-order valence-corrected chi connectivity index (χ4v) is 3.57. The van der Waals surface area contributed by atoms with Crippen LogP contribution < -0.4 is 9.47 Å². The summed E-state index contributed by atoms with van der Waals surface area (Å²) in [4.78, 5) is 25.5. The third-order valence-electron chi connectivity index (χ3n) is 4.10. The second-order valence-electron chi connectivity index (χ2n) is 6.16. The summed E-state index contributed by atoms with van der Waals surface area (Å²) in [5.74, 6) is 0.903. The number of aliphatic imine (C=N–C) groups is 1. The van der Waals surface area contributed by atoms with Gasteiger partial charge in [0.1, 0.15) is 5.01 Å². The van der Waals surface area contributed by atoms with Crippen molar-refractivity contribution < 1.29 is 19.0 Å². The molecule has 2 aromatic heterocycles. The third kappa shape index (κ3) is 4.23. The van der Waals surface area contributed by atoms with Gasteiger partial charge in [-0.05, 0) is 50.3 Å². The van der Waals surface area contributed by atoms with Crippen LogP contribution in [0.1, 0.15) is 25.1 Å². The van der Waals surface area contributed by atoms with Crippen molar-refractivity contribution in [2.45, 2.75) is 13.8 Å². The van der Waals surface area contributed by atoms with Crippen LogP contribution in [0.5, 0.6) is 11.5 Å². The van der Waals surface area contributed by atoms with Crippen molar-refractivity contribution in [3.63, 3.8) is 0 Å². The Hall–Kier alpha value is -3.52. The minimum Gasteiger partial charge on any atom is -0.490 e. The van der Waals surface area contributed by atoms with Gasteiger partial charge in [-0.15, -0.1) is 11.3 Å². The Kier molecular flexibility index (Phi) is 5.85. The number of hydrogen-bond acceptors (Lipinski definition) is 8. The Morgan fingerprint density at radius 2 is 1.93 bits per heavy atom. The number of carbonyl (C=O) groups is 1. The summed E-state index contributed by atoms with van der Waals surface area (Å²) >= 11 is 1.45. The molecule has 0 bridgehead atoms. The molecule has 0 aliphatic carbocycles. The molecule has 8 heteroatoms. The second kappa shape index (κ2) is 8.87. The molecule has 0 saturated heterocycles. The maximum absolute atomic E-state index is 12.3. The van der Waals surface area contributed by atoms with Crippen LogP contribution in [0, 0.1) is 0 Å².